The molecule has 0 saturated carbocycles. The second-order valence-electron chi connectivity index (χ2n) is 3.25. The zero-order valence-corrected chi connectivity index (χ0v) is 10.1. The standard InChI is InChI=1S/C11H14BrNO2/c1-2-8(14)7-13-11(15)9-5-3-4-6-10(9)12/h3-6,8,14H,2,7H2,1H3,(H,13,15). The third-order valence-corrected chi connectivity index (χ3v) is 2.78. The van der Waals surface area contributed by atoms with Gasteiger partial charge in [0.1, 0.15) is 0 Å². The van der Waals surface area contributed by atoms with Gasteiger partial charge in [-0.2, -0.15) is 0 Å². The van der Waals surface area contributed by atoms with Crippen LogP contribution in [0.15, 0.2) is 28.7 Å². The van der Waals surface area contributed by atoms with Crippen molar-refractivity contribution in [1.82, 2.24) is 5.32 Å². The highest BCUT2D eigenvalue weighted by Crippen LogP contribution is 2.15. The monoisotopic (exact) mass is 271 g/mol. The molecule has 0 aliphatic carbocycles. The van der Waals surface area contributed by atoms with E-state index in [0.29, 0.717) is 12.0 Å². The number of rotatable bonds is 4. The summed E-state index contributed by atoms with van der Waals surface area (Å²) in [6.07, 6.45) is 0.160. The van der Waals surface area contributed by atoms with Crippen molar-refractivity contribution in [1.29, 1.82) is 0 Å². The molecule has 15 heavy (non-hydrogen) atoms. The van der Waals surface area contributed by atoms with Gasteiger partial charge in [0.05, 0.1) is 11.7 Å². The largest absolute Gasteiger partial charge is 0.391 e. The number of aliphatic hydroxyl groups excluding tert-OH is 1. The van der Waals surface area contributed by atoms with Crippen LogP contribution in [-0.2, 0) is 0 Å². The van der Waals surface area contributed by atoms with Crippen LogP contribution in [0.3, 0.4) is 0 Å². The van der Waals surface area contributed by atoms with E-state index in [1.54, 1.807) is 12.1 Å². The molecule has 82 valence electrons. The van der Waals surface area contributed by atoms with Crippen LogP contribution in [0.2, 0.25) is 0 Å². The second kappa shape index (κ2) is 5.88. The lowest BCUT2D eigenvalue weighted by molar-refractivity contribution is 0.0913. The Balaban J connectivity index is 2.58. The Kier molecular flexibility index (Phi) is 4.78. The van der Waals surface area contributed by atoms with E-state index >= 15 is 0 Å². The Morgan fingerprint density at radius 2 is 2.20 bits per heavy atom. The highest BCUT2D eigenvalue weighted by molar-refractivity contribution is 9.10. The Morgan fingerprint density at radius 3 is 2.80 bits per heavy atom. The molecule has 1 aromatic carbocycles. The molecule has 0 radical (unpaired) electrons. The average Bonchev–Trinajstić information content (AvgIpc) is 2.26. The lowest BCUT2D eigenvalue weighted by atomic mass is 10.2. The summed E-state index contributed by atoms with van der Waals surface area (Å²) in [4.78, 5) is 11.6. The van der Waals surface area contributed by atoms with Gasteiger partial charge < -0.3 is 10.4 Å². The molecule has 0 fully saturated rings. The maximum absolute atomic E-state index is 11.6. The minimum atomic E-state index is -0.476. The summed E-state index contributed by atoms with van der Waals surface area (Å²) >= 11 is 3.30. The van der Waals surface area contributed by atoms with Gasteiger partial charge in [-0.3, -0.25) is 4.79 Å². The quantitative estimate of drug-likeness (QED) is 0.880. The van der Waals surface area contributed by atoms with Gasteiger partial charge in [-0.25, -0.2) is 0 Å². The number of benzene rings is 1. The van der Waals surface area contributed by atoms with Crippen molar-refractivity contribution < 1.29 is 9.90 Å². The van der Waals surface area contributed by atoms with Crippen LogP contribution in [-0.4, -0.2) is 23.7 Å². The highest BCUT2D eigenvalue weighted by Gasteiger charge is 2.09. The minimum absolute atomic E-state index is 0.171. The molecule has 0 aliphatic rings. The lowest BCUT2D eigenvalue weighted by Crippen LogP contribution is -2.31. The maximum Gasteiger partial charge on any atom is 0.252 e. The number of aliphatic hydroxyl groups is 1. The fraction of sp³-hybridized carbons (Fsp3) is 0.364. The Hall–Kier alpha value is -0.870. The summed E-state index contributed by atoms with van der Waals surface area (Å²) in [5, 5.41) is 12.0. The van der Waals surface area contributed by atoms with Crippen molar-refractivity contribution in [2.75, 3.05) is 6.54 Å². The van der Waals surface area contributed by atoms with Crippen LogP contribution in [0.1, 0.15) is 23.7 Å². The molecule has 0 saturated heterocycles. The van der Waals surface area contributed by atoms with Gasteiger partial charge in [0.25, 0.3) is 5.91 Å². The summed E-state index contributed by atoms with van der Waals surface area (Å²) in [6, 6.07) is 7.20. The summed E-state index contributed by atoms with van der Waals surface area (Å²) < 4.78 is 0.758. The molecule has 0 spiro atoms. The van der Waals surface area contributed by atoms with Gasteiger partial charge in [0, 0.05) is 11.0 Å². The molecular formula is C11H14BrNO2. The van der Waals surface area contributed by atoms with Crippen molar-refractivity contribution in [3.63, 3.8) is 0 Å². The number of amides is 1. The topological polar surface area (TPSA) is 49.3 Å². The van der Waals surface area contributed by atoms with E-state index in [2.05, 4.69) is 21.2 Å². The lowest BCUT2D eigenvalue weighted by Gasteiger charge is -2.10. The van der Waals surface area contributed by atoms with Crippen molar-refractivity contribution in [2.45, 2.75) is 19.4 Å². The normalized spacial score (nSPS) is 12.2. The zero-order valence-electron chi connectivity index (χ0n) is 8.53. The van der Waals surface area contributed by atoms with Gasteiger partial charge in [-0.1, -0.05) is 19.1 Å². The fourth-order valence-corrected chi connectivity index (χ4v) is 1.56. The second-order valence-corrected chi connectivity index (χ2v) is 4.11. The van der Waals surface area contributed by atoms with Crippen molar-refractivity contribution in [3.05, 3.63) is 34.3 Å². The van der Waals surface area contributed by atoms with Crippen molar-refractivity contribution >= 4 is 21.8 Å². The first-order valence-corrected chi connectivity index (χ1v) is 5.65. The molecule has 1 atom stereocenters. The molecule has 2 N–H and O–H groups in total. The van der Waals surface area contributed by atoms with Crippen LogP contribution < -0.4 is 5.32 Å². The minimum Gasteiger partial charge on any atom is -0.391 e. The smallest absolute Gasteiger partial charge is 0.252 e. The van der Waals surface area contributed by atoms with Gasteiger partial charge >= 0.3 is 0 Å². The first-order chi connectivity index (χ1) is 7.15. The predicted molar refractivity (Wildman–Crippen MR) is 62.8 cm³/mol. The number of carbonyl (C=O) groups is 1. The zero-order chi connectivity index (χ0) is 11.3. The first-order valence-electron chi connectivity index (χ1n) is 4.86. The van der Waals surface area contributed by atoms with Crippen LogP contribution in [0.25, 0.3) is 0 Å². The molecule has 1 amide bonds. The summed E-state index contributed by atoms with van der Waals surface area (Å²) in [5.41, 5.74) is 0.584. The third kappa shape index (κ3) is 3.64. The SMILES string of the molecule is CCC(O)CNC(=O)c1ccccc1Br. The summed E-state index contributed by atoms with van der Waals surface area (Å²) in [6.45, 7) is 2.16. The molecule has 4 heteroatoms. The highest BCUT2D eigenvalue weighted by atomic mass is 79.9. The van der Waals surface area contributed by atoms with E-state index in [9.17, 15) is 9.90 Å². The number of halogens is 1. The molecule has 1 rings (SSSR count). The molecule has 0 aromatic heterocycles. The van der Waals surface area contributed by atoms with Crippen LogP contribution >= 0.6 is 15.9 Å². The molecular weight excluding hydrogens is 258 g/mol. The molecule has 1 unspecified atom stereocenters. The van der Waals surface area contributed by atoms with E-state index in [1.807, 2.05) is 19.1 Å². The Morgan fingerprint density at radius 1 is 1.53 bits per heavy atom. The number of carbonyl (C=O) groups excluding carboxylic acids is 1. The van der Waals surface area contributed by atoms with E-state index in [1.165, 1.54) is 0 Å². The summed E-state index contributed by atoms with van der Waals surface area (Å²) in [5.74, 6) is -0.171. The number of hydrogen-bond donors (Lipinski definition) is 2. The number of nitrogens with one attached hydrogen (secondary N) is 1. The molecule has 1 aromatic rings. The van der Waals surface area contributed by atoms with Crippen LogP contribution in [0, 0.1) is 0 Å². The number of hydrogen-bond acceptors (Lipinski definition) is 2. The van der Waals surface area contributed by atoms with Gasteiger partial charge in [0.2, 0.25) is 0 Å². The predicted octanol–water partition coefficient (Wildman–Crippen LogP) is 1.95. The Bertz CT molecular complexity index is 341. The van der Waals surface area contributed by atoms with Crippen molar-refractivity contribution in [2.24, 2.45) is 0 Å². The van der Waals surface area contributed by atoms with Gasteiger partial charge in [-0.15, -0.1) is 0 Å². The van der Waals surface area contributed by atoms with Crippen molar-refractivity contribution in [3.8, 4) is 0 Å². The summed E-state index contributed by atoms with van der Waals surface area (Å²) in [7, 11) is 0. The maximum atomic E-state index is 11.6. The van der Waals surface area contributed by atoms with E-state index in [0.717, 1.165) is 4.47 Å². The fourth-order valence-electron chi connectivity index (χ4n) is 1.10. The molecule has 0 heterocycles. The average molecular weight is 272 g/mol. The molecule has 3 nitrogen and oxygen atoms in total. The van der Waals surface area contributed by atoms with Gasteiger partial charge in [-0.05, 0) is 34.5 Å². The third-order valence-electron chi connectivity index (χ3n) is 2.09. The van der Waals surface area contributed by atoms with E-state index in [4.69, 9.17) is 0 Å². The molecule has 0 aliphatic heterocycles. The van der Waals surface area contributed by atoms with E-state index < -0.39 is 6.10 Å². The van der Waals surface area contributed by atoms with Crippen LogP contribution in [0.5, 0.6) is 0 Å². The molecule has 0 bridgehead atoms. The van der Waals surface area contributed by atoms with E-state index in [-0.39, 0.29) is 12.5 Å². The Labute approximate surface area is 97.6 Å². The first kappa shape index (κ1) is 12.2. The van der Waals surface area contributed by atoms with Crippen LogP contribution in [0.4, 0.5) is 0 Å². The van der Waals surface area contributed by atoms with Gasteiger partial charge in [0.15, 0.2) is 0 Å².